The molecule has 0 aliphatic heterocycles. The first-order valence-corrected chi connectivity index (χ1v) is 7.49. The first kappa shape index (κ1) is 16.7. The maximum absolute atomic E-state index is 11.8. The van der Waals surface area contributed by atoms with Gasteiger partial charge in [0.1, 0.15) is 17.3 Å². The number of hydrogen-bond donors (Lipinski definition) is 2. The second kappa shape index (κ2) is 8.08. The van der Waals surface area contributed by atoms with Crippen molar-refractivity contribution in [2.24, 2.45) is 0 Å². The number of sulfonamides is 1. The number of halogens is 2. The van der Waals surface area contributed by atoms with Crippen molar-refractivity contribution in [3.63, 3.8) is 0 Å². The van der Waals surface area contributed by atoms with E-state index in [9.17, 15) is 17.2 Å². The molecule has 0 amide bonds. The van der Waals surface area contributed by atoms with Crippen molar-refractivity contribution in [2.75, 3.05) is 31.6 Å². The van der Waals surface area contributed by atoms with Crippen LogP contribution in [0, 0.1) is 0 Å². The van der Waals surface area contributed by atoms with Gasteiger partial charge in [-0.2, -0.15) is 0 Å². The van der Waals surface area contributed by atoms with E-state index in [1.807, 2.05) is 6.92 Å². The van der Waals surface area contributed by atoms with E-state index in [1.165, 1.54) is 12.3 Å². The molecule has 114 valence electrons. The minimum Gasteiger partial charge on any atom is -0.374 e. The lowest BCUT2D eigenvalue weighted by Gasteiger charge is -2.08. The molecule has 0 saturated heterocycles. The van der Waals surface area contributed by atoms with Gasteiger partial charge in [-0.05, 0) is 19.1 Å². The molecule has 1 rings (SSSR count). The topological polar surface area (TPSA) is 80.3 Å². The summed E-state index contributed by atoms with van der Waals surface area (Å²) in [5.41, 5.74) is 0. The van der Waals surface area contributed by atoms with Crippen LogP contribution in [0.2, 0.25) is 0 Å². The maximum atomic E-state index is 11.8. The number of anilines is 1. The largest absolute Gasteiger partial charge is 0.374 e. The first-order chi connectivity index (χ1) is 9.45. The number of alkyl halides is 2. The van der Waals surface area contributed by atoms with Gasteiger partial charge < -0.3 is 10.1 Å². The number of aromatic nitrogens is 1. The normalized spacial score (nSPS) is 11.8. The molecule has 0 radical (unpaired) electrons. The summed E-state index contributed by atoms with van der Waals surface area (Å²) in [5, 5.41) is 2.94. The Kier molecular flexibility index (Phi) is 6.76. The Morgan fingerprint density at radius 2 is 2.15 bits per heavy atom. The average Bonchev–Trinajstić information content (AvgIpc) is 2.39. The minimum absolute atomic E-state index is 0.00742. The molecule has 0 aromatic carbocycles. The van der Waals surface area contributed by atoms with E-state index >= 15 is 0 Å². The molecule has 1 aromatic rings. The number of hydrogen-bond acceptors (Lipinski definition) is 5. The Labute approximate surface area is 116 Å². The zero-order chi connectivity index (χ0) is 15.0. The lowest BCUT2D eigenvalue weighted by Crippen LogP contribution is -2.28. The molecule has 0 saturated carbocycles. The average molecular weight is 309 g/mol. The van der Waals surface area contributed by atoms with E-state index in [2.05, 4.69) is 19.8 Å². The molecule has 1 heterocycles. The van der Waals surface area contributed by atoms with Gasteiger partial charge in [-0.3, -0.25) is 0 Å². The minimum atomic E-state index is -3.70. The van der Waals surface area contributed by atoms with Gasteiger partial charge in [-0.15, -0.1) is 0 Å². The summed E-state index contributed by atoms with van der Waals surface area (Å²) in [6, 6.07) is 2.96. The fraction of sp³-hybridized carbons (Fsp3) is 0.545. The Bertz CT molecular complexity index is 494. The second-order valence-electron chi connectivity index (χ2n) is 3.77. The molecule has 6 nitrogen and oxygen atoms in total. The van der Waals surface area contributed by atoms with Crippen molar-refractivity contribution in [3.05, 3.63) is 18.3 Å². The standard InChI is InChI=1S/C11H17F2N3O3S/c1-2-14-11-4-3-9(7-15-11)20(17,18)16-5-6-19-8-10(12)13/h3-4,7,10,16H,2,5-6,8H2,1H3,(H,14,15). The molecule has 0 fully saturated rings. The van der Waals surface area contributed by atoms with Gasteiger partial charge >= 0.3 is 0 Å². The van der Waals surface area contributed by atoms with Gasteiger partial charge in [-0.1, -0.05) is 0 Å². The zero-order valence-electron chi connectivity index (χ0n) is 11.0. The van der Waals surface area contributed by atoms with Crippen molar-refractivity contribution in [1.29, 1.82) is 0 Å². The van der Waals surface area contributed by atoms with Crippen LogP contribution < -0.4 is 10.0 Å². The number of pyridine rings is 1. The Morgan fingerprint density at radius 1 is 1.40 bits per heavy atom. The third-order valence-electron chi connectivity index (χ3n) is 2.19. The molecule has 0 atom stereocenters. The van der Waals surface area contributed by atoms with E-state index in [4.69, 9.17) is 0 Å². The van der Waals surface area contributed by atoms with Gasteiger partial charge in [0.25, 0.3) is 6.43 Å². The molecule has 0 bridgehead atoms. The third-order valence-corrected chi connectivity index (χ3v) is 3.63. The predicted molar refractivity (Wildman–Crippen MR) is 70.4 cm³/mol. The van der Waals surface area contributed by atoms with E-state index < -0.39 is 23.1 Å². The highest BCUT2D eigenvalue weighted by molar-refractivity contribution is 7.89. The SMILES string of the molecule is CCNc1ccc(S(=O)(=O)NCCOCC(F)F)cn1. The molecule has 1 aromatic heterocycles. The fourth-order valence-corrected chi connectivity index (χ4v) is 2.29. The summed E-state index contributed by atoms with van der Waals surface area (Å²) in [7, 11) is -3.70. The summed E-state index contributed by atoms with van der Waals surface area (Å²) in [6.45, 7) is 1.67. The van der Waals surface area contributed by atoms with Crippen LogP contribution in [0.5, 0.6) is 0 Å². The molecule has 20 heavy (non-hydrogen) atoms. The smallest absolute Gasteiger partial charge is 0.261 e. The number of rotatable bonds is 9. The summed E-state index contributed by atoms with van der Waals surface area (Å²) >= 11 is 0. The highest BCUT2D eigenvalue weighted by Gasteiger charge is 2.13. The molecule has 0 spiro atoms. The van der Waals surface area contributed by atoms with Crippen LogP contribution in [0.3, 0.4) is 0 Å². The van der Waals surface area contributed by atoms with Crippen LogP contribution in [-0.4, -0.2) is 46.1 Å². The summed E-state index contributed by atoms with van der Waals surface area (Å²) < 4.78 is 54.0. The predicted octanol–water partition coefficient (Wildman–Crippen LogP) is 1.07. The van der Waals surface area contributed by atoms with Crippen LogP contribution in [0.1, 0.15) is 6.92 Å². The Hall–Kier alpha value is -1.32. The fourth-order valence-electron chi connectivity index (χ4n) is 1.33. The van der Waals surface area contributed by atoms with Crippen molar-refractivity contribution in [2.45, 2.75) is 18.2 Å². The molecule has 0 aliphatic rings. The molecule has 9 heteroatoms. The lowest BCUT2D eigenvalue weighted by molar-refractivity contribution is 0.0199. The van der Waals surface area contributed by atoms with Crippen molar-refractivity contribution >= 4 is 15.8 Å². The van der Waals surface area contributed by atoms with Gasteiger partial charge in [0.15, 0.2) is 0 Å². The van der Waals surface area contributed by atoms with Crippen LogP contribution in [0.4, 0.5) is 14.6 Å². The quantitative estimate of drug-likeness (QED) is 0.667. The van der Waals surface area contributed by atoms with Gasteiger partial charge in [0, 0.05) is 19.3 Å². The molecule has 0 unspecified atom stereocenters. The molecule has 2 N–H and O–H groups in total. The lowest BCUT2D eigenvalue weighted by atomic mass is 10.4. The van der Waals surface area contributed by atoms with Gasteiger partial charge in [-0.25, -0.2) is 26.9 Å². The molecular formula is C11H17F2N3O3S. The third kappa shape index (κ3) is 5.76. The van der Waals surface area contributed by atoms with Crippen molar-refractivity contribution < 1.29 is 21.9 Å². The van der Waals surface area contributed by atoms with E-state index in [1.54, 1.807) is 6.07 Å². The Balaban J connectivity index is 2.47. The van der Waals surface area contributed by atoms with Crippen molar-refractivity contribution in [3.8, 4) is 0 Å². The van der Waals surface area contributed by atoms with E-state index in [0.29, 0.717) is 12.4 Å². The maximum Gasteiger partial charge on any atom is 0.261 e. The zero-order valence-corrected chi connectivity index (χ0v) is 11.8. The van der Waals surface area contributed by atoms with Crippen LogP contribution in [0.15, 0.2) is 23.2 Å². The van der Waals surface area contributed by atoms with Crippen LogP contribution in [-0.2, 0) is 14.8 Å². The first-order valence-electron chi connectivity index (χ1n) is 6.01. The summed E-state index contributed by atoms with van der Waals surface area (Å²) in [5.74, 6) is 0.576. The molecule has 0 aliphatic carbocycles. The summed E-state index contributed by atoms with van der Waals surface area (Å²) in [4.78, 5) is 3.95. The Morgan fingerprint density at radius 3 is 2.70 bits per heavy atom. The summed E-state index contributed by atoms with van der Waals surface area (Å²) in [6.07, 6.45) is -1.34. The number of nitrogens with one attached hydrogen (secondary N) is 2. The highest BCUT2D eigenvalue weighted by Crippen LogP contribution is 2.10. The monoisotopic (exact) mass is 309 g/mol. The molecular weight excluding hydrogens is 292 g/mol. The van der Waals surface area contributed by atoms with E-state index in [-0.39, 0.29) is 18.0 Å². The van der Waals surface area contributed by atoms with Crippen molar-refractivity contribution in [1.82, 2.24) is 9.71 Å². The van der Waals surface area contributed by atoms with Crippen LogP contribution in [0.25, 0.3) is 0 Å². The van der Waals surface area contributed by atoms with Gasteiger partial charge in [0.2, 0.25) is 10.0 Å². The second-order valence-corrected chi connectivity index (χ2v) is 5.54. The van der Waals surface area contributed by atoms with Gasteiger partial charge in [0.05, 0.1) is 6.61 Å². The van der Waals surface area contributed by atoms with Crippen LogP contribution >= 0.6 is 0 Å². The number of nitrogens with zero attached hydrogens (tertiary/aromatic N) is 1. The highest BCUT2D eigenvalue weighted by atomic mass is 32.2. The number of ether oxygens (including phenoxy) is 1. The van der Waals surface area contributed by atoms with E-state index in [0.717, 1.165) is 0 Å².